The topological polar surface area (TPSA) is 18.5 Å². The van der Waals surface area contributed by atoms with Gasteiger partial charge in [0.15, 0.2) is 0 Å². The highest BCUT2D eigenvalue weighted by atomic mass is 16.5. The maximum Gasteiger partial charge on any atom is 0.131 e. The molecule has 0 amide bonds. The van der Waals surface area contributed by atoms with Gasteiger partial charge in [0, 0.05) is 36.8 Å². The minimum atomic E-state index is 1.06. The molecule has 0 atom stereocenters. The molecular formula is C32H46O2. The van der Waals surface area contributed by atoms with Gasteiger partial charge in [-0.3, -0.25) is 0 Å². The highest BCUT2D eigenvalue weighted by molar-refractivity contribution is 5.53. The third-order valence-corrected chi connectivity index (χ3v) is 8.57. The van der Waals surface area contributed by atoms with E-state index in [0.717, 1.165) is 37.2 Å². The number of rotatable bonds is 0. The number of benzene rings is 1. The molecule has 5 rings (SSSR count). The number of ether oxygens (including phenoxy) is 2. The van der Waals surface area contributed by atoms with Crippen molar-refractivity contribution in [3.05, 3.63) is 45.9 Å². The largest absolute Gasteiger partial charge is 0.461 e. The Balaban J connectivity index is 1.33. The van der Waals surface area contributed by atoms with Crippen LogP contribution >= 0.6 is 0 Å². The molecule has 34 heavy (non-hydrogen) atoms. The maximum atomic E-state index is 6.66. The van der Waals surface area contributed by atoms with E-state index in [9.17, 15) is 0 Å². The molecule has 186 valence electrons. The fourth-order valence-electron chi connectivity index (χ4n) is 6.46. The summed E-state index contributed by atoms with van der Waals surface area (Å²) in [7, 11) is 0. The third kappa shape index (κ3) is 6.29. The van der Waals surface area contributed by atoms with Crippen molar-refractivity contribution >= 4 is 0 Å². The molecule has 0 spiro atoms. The molecule has 0 bridgehead atoms. The monoisotopic (exact) mass is 462 g/mol. The van der Waals surface area contributed by atoms with E-state index in [-0.39, 0.29) is 0 Å². The second kappa shape index (κ2) is 12.3. The molecule has 1 aromatic rings. The lowest BCUT2D eigenvalue weighted by atomic mass is 9.89. The predicted molar refractivity (Wildman–Crippen MR) is 141 cm³/mol. The molecule has 1 aromatic carbocycles. The summed E-state index contributed by atoms with van der Waals surface area (Å²) < 4.78 is 13.3. The van der Waals surface area contributed by atoms with Crippen LogP contribution in [0, 0.1) is 0 Å². The Morgan fingerprint density at radius 2 is 0.706 bits per heavy atom. The zero-order chi connectivity index (χ0) is 23.0. The molecule has 0 saturated heterocycles. The minimum absolute atomic E-state index is 1.06. The standard InChI is InChI=1S/C32H46O2/c1-3-7-11-15-19-29-25(17-13-9-5-1)21-27-23-32-28(24-31(27)33-29)22-26-18-14-10-6-2-4-8-12-16-20-30(26)34-32/h23-24H,1-22H2. The van der Waals surface area contributed by atoms with E-state index in [1.165, 1.54) is 138 Å². The summed E-state index contributed by atoms with van der Waals surface area (Å²) in [4.78, 5) is 0. The molecule has 0 N–H and O–H groups in total. The average molecular weight is 463 g/mol. The molecular weight excluding hydrogens is 416 g/mol. The van der Waals surface area contributed by atoms with Crippen molar-refractivity contribution in [2.45, 2.75) is 141 Å². The van der Waals surface area contributed by atoms with E-state index in [1.807, 2.05) is 0 Å². The van der Waals surface area contributed by atoms with Crippen LogP contribution in [-0.4, -0.2) is 0 Å². The van der Waals surface area contributed by atoms with Gasteiger partial charge in [-0.05, 0) is 61.8 Å². The Kier molecular flexibility index (Phi) is 8.70. The van der Waals surface area contributed by atoms with E-state index in [4.69, 9.17) is 9.47 Å². The molecule has 0 unspecified atom stereocenters. The van der Waals surface area contributed by atoms with Crippen LogP contribution in [0.15, 0.2) is 34.8 Å². The lowest BCUT2D eigenvalue weighted by molar-refractivity contribution is 0.352. The van der Waals surface area contributed by atoms with Crippen LogP contribution in [0.1, 0.15) is 140 Å². The predicted octanol–water partition coefficient (Wildman–Crippen LogP) is 9.89. The minimum Gasteiger partial charge on any atom is -0.461 e. The van der Waals surface area contributed by atoms with E-state index in [0.29, 0.717) is 0 Å². The fraction of sp³-hybridized carbons (Fsp3) is 0.688. The van der Waals surface area contributed by atoms with Crippen LogP contribution in [0.3, 0.4) is 0 Å². The van der Waals surface area contributed by atoms with Crippen LogP contribution in [-0.2, 0) is 12.8 Å². The Hall–Kier alpha value is -1.70. The zero-order valence-corrected chi connectivity index (χ0v) is 21.5. The van der Waals surface area contributed by atoms with E-state index >= 15 is 0 Å². The first-order valence-electron chi connectivity index (χ1n) is 14.8. The van der Waals surface area contributed by atoms with Crippen molar-refractivity contribution in [3.63, 3.8) is 0 Å². The van der Waals surface area contributed by atoms with Gasteiger partial charge < -0.3 is 9.47 Å². The van der Waals surface area contributed by atoms with Crippen molar-refractivity contribution in [1.29, 1.82) is 0 Å². The second-order valence-corrected chi connectivity index (χ2v) is 11.3. The van der Waals surface area contributed by atoms with Crippen LogP contribution in [0.5, 0.6) is 11.5 Å². The first kappa shape index (κ1) is 24.0. The summed E-state index contributed by atoms with van der Waals surface area (Å²) in [5.41, 5.74) is 5.83. The van der Waals surface area contributed by atoms with Gasteiger partial charge in [-0.15, -0.1) is 0 Å². The number of allylic oxidation sites excluding steroid dienone is 4. The lowest BCUT2D eigenvalue weighted by Gasteiger charge is -2.29. The third-order valence-electron chi connectivity index (χ3n) is 8.57. The van der Waals surface area contributed by atoms with Crippen LogP contribution < -0.4 is 9.47 Å². The molecule has 2 heterocycles. The average Bonchev–Trinajstić information content (AvgIpc) is 2.83. The van der Waals surface area contributed by atoms with Gasteiger partial charge in [-0.1, -0.05) is 77.0 Å². The number of fused-ring (bicyclic) bond motifs is 2. The highest BCUT2D eigenvalue weighted by Crippen LogP contribution is 2.42. The molecule has 0 aromatic heterocycles. The summed E-state index contributed by atoms with van der Waals surface area (Å²) in [6, 6.07) is 4.68. The van der Waals surface area contributed by atoms with Crippen molar-refractivity contribution in [2.75, 3.05) is 0 Å². The first-order valence-corrected chi connectivity index (χ1v) is 14.8. The van der Waals surface area contributed by atoms with Crippen LogP contribution in [0.25, 0.3) is 0 Å². The van der Waals surface area contributed by atoms with Gasteiger partial charge in [0.2, 0.25) is 0 Å². The molecule has 2 aliphatic heterocycles. The van der Waals surface area contributed by atoms with Crippen molar-refractivity contribution in [3.8, 4) is 11.5 Å². The molecule has 0 saturated carbocycles. The Labute approximate surface area is 208 Å². The molecule has 2 aliphatic carbocycles. The van der Waals surface area contributed by atoms with Gasteiger partial charge in [-0.25, -0.2) is 0 Å². The van der Waals surface area contributed by atoms with Gasteiger partial charge in [0.1, 0.15) is 23.0 Å². The summed E-state index contributed by atoms with van der Waals surface area (Å²) in [5.74, 6) is 4.84. The molecule has 4 aliphatic rings. The summed E-state index contributed by atoms with van der Waals surface area (Å²) >= 11 is 0. The molecule has 0 fully saturated rings. The quantitative estimate of drug-likeness (QED) is 0.382. The van der Waals surface area contributed by atoms with Gasteiger partial charge >= 0.3 is 0 Å². The Bertz CT molecular complexity index is 750. The summed E-state index contributed by atoms with van der Waals surface area (Å²) in [6.45, 7) is 0. The Morgan fingerprint density at radius 1 is 0.382 bits per heavy atom. The van der Waals surface area contributed by atoms with Crippen LogP contribution in [0.4, 0.5) is 0 Å². The van der Waals surface area contributed by atoms with E-state index in [1.54, 1.807) is 11.1 Å². The maximum absolute atomic E-state index is 6.66. The number of hydrogen-bond acceptors (Lipinski definition) is 2. The van der Waals surface area contributed by atoms with Gasteiger partial charge in [0.05, 0.1) is 0 Å². The molecule has 2 nitrogen and oxygen atoms in total. The lowest BCUT2D eigenvalue weighted by Crippen LogP contribution is -2.15. The van der Waals surface area contributed by atoms with Gasteiger partial charge in [0.25, 0.3) is 0 Å². The SMILES string of the molecule is c1c2c(cc3c1OC1=C(CCCCCCCCCC1)C3)OC1=C(CCCCCCCCCC1)C2. The fourth-order valence-corrected chi connectivity index (χ4v) is 6.46. The normalized spacial score (nSPS) is 23.3. The van der Waals surface area contributed by atoms with Crippen molar-refractivity contribution < 1.29 is 9.47 Å². The van der Waals surface area contributed by atoms with E-state index in [2.05, 4.69) is 12.1 Å². The van der Waals surface area contributed by atoms with Crippen molar-refractivity contribution in [2.24, 2.45) is 0 Å². The van der Waals surface area contributed by atoms with Crippen molar-refractivity contribution in [1.82, 2.24) is 0 Å². The summed E-state index contributed by atoms with van der Waals surface area (Å²) in [6.07, 6.45) is 28.7. The summed E-state index contributed by atoms with van der Waals surface area (Å²) in [5, 5.41) is 0. The molecule has 0 radical (unpaired) electrons. The van der Waals surface area contributed by atoms with Crippen LogP contribution in [0.2, 0.25) is 0 Å². The zero-order valence-electron chi connectivity index (χ0n) is 21.5. The smallest absolute Gasteiger partial charge is 0.131 e. The second-order valence-electron chi connectivity index (χ2n) is 11.3. The Morgan fingerprint density at radius 3 is 1.09 bits per heavy atom. The molecule has 2 heteroatoms. The van der Waals surface area contributed by atoms with Gasteiger partial charge in [-0.2, -0.15) is 0 Å². The highest BCUT2D eigenvalue weighted by Gasteiger charge is 2.26. The van der Waals surface area contributed by atoms with E-state index < -0.39 is 0 Å². The first-order chi connectivity index (χ1) is 16.9. The number of hydrogen-bond donors (Lipinski definition) is 0.